The van der Waals surface area contributed by atoms with Gasteiger partial charge in [0.2, 0.25) is 0 Å². The van der Waals surface area contributed by atoms with Gasteiger partial charge >= 0.3 is 5.97 Å². The minimum absolute atomic E-state index is 0.215. The summed E-state index contributed by atoms with van der Waals surface area (Å²) in [5, 5.41) is 9.78. The van der Waals surface area contributed by atoms with E-state index in [4.69, 9.17) is 5.11 Å². The van der Waals surface area contributed by atoms with E-state index in [0.29, 0.717) is 17.3 Å². The predicted molar refractivity (Wildman–Crippen MR) is 94.5 cm³/mol. The van der Waals surface area contributed by atoms with Crippen molar-refractivity contribution in [1.82, 2.24) is 4.57 Å². The molecule has 0 amide bonds. The first kappa shape index (κ1) is 17.6. The number of carbonyl (C=O) groups is 1. The van der Waals surface area contributed by atoms with Crippen LogP contribution in [0.4, 0.5) is 4.39 Å². The molecule has 3 rings (SSSR count). The molecule has 0 fully saturated rings. The van der Waals surface area contributed by atoms with E-state index >= 15 is 0 Å². The third kappa shape index (κ3) is 3.45. The number of halogens is 1. The van der Waals surface area contributed by atoms with Crippen molar-refractivity contribution in [3.05, 3.63) is 52.3 Å². The zero-order chi connectivity index (χ0) is 18.4. The maximum Gasteiger partial charge on any atom is 0.323 e. The van der Waals surface area contributed by atoms with Gasteiger partial charge in [-0.3, -0.25) is 4.79 Å². The van der Waals surface area contributed by atoms with Gasteiger partial charge in [0, 0.05) is 34.2 Å². The van der Waals surface area contributed by atoms with E-state index in [0.717, 1.165) is 22.4 Å². The number of carboxylic acid groups (broad SMARTS) is 1. The summed E-state index contributed by atoms with van der Waals surface area (Å²) >= 11 is 1.17. The number of carboxylic acids is 1. The van der Waals surface area contributed by atoms with Crippen LogP contribution in [-0.2, 0) is 27.6 Å². The highest BCUT2D eigenvalue weighted by Gasteiger charge is 2.18. The highest BCUT2D eigenvalue weighted by Crippen LogP contribution is 2.31. The Morgan fingerprint density at radius 1 is 1.28 bits per heavy atom. The van der Waals surface area contributed by atoms with E-state index in [-0.39, 0.29) is 10.8 Å². The number of hydrogen-bond acceptors (Lipinski definition) is 4. The average molecular weight is 381 g/mol. The van der Waals surface area contributed by atoms with Crippen LogP contribution in [0, 0.1) is 12.7 Å². The van der Waals surface area contributed by atoms with Gasteiger partial charge in [-0.1, -0.05) is 0 Å². The molecule has 3 aromatic rings. The van der Waals surface area contributed by atoms with Gasteiger partial charge < -0.3 is 9.67 Å². The molecule has 0 aliphatic rings. The largest absolute Gasteiger partial charge is 0.480 e. The fourth-order valence-corrected chi connectivity index (χ4v) is 4.90. The van der Waals surface area contributed by atoms with Crippen LogP contribution in [0.2, 0.25) is 0 Å². The van der Waals surface area contributed by atoms with Crippen LogP contribution in [0.15, 0.2) is 34.5 Å². The van der Waals surface area contributed by atoms with E-state index in [1.165, 1.54) is 23.5 Å². The molecule has 0 atom stereocenters. The first-order chi connectivity index (χ1) is 11.7. The van der Waals surface area contributed by atoms with Crippen LogP contribution in [0.5, 0.6) is 0 Å². The molecule has 5 nitrogen and oxygen atoms in total. The van der Waals surface area contributed by atoms with Crippen LogP contribution < -0.4 is 0 Å². The SMILES string of the molecule is Cc1c(Cc2ccc(S(C)(=O)=O)s2)c2cc(F)ccc2n1CC(=O)O. The molecule has 0 saturated heterocycles. The van der Waals surface area contributed by atoms with Gasteiger partial charge in [-0.05, 0) is 42.8 Å². The highest BCUT2D eigenvalue weighted by atomic mass is 32.2. The fraction of sp³-hybridized carbons (Fsp3) is 0.235. The highest BCUT2D eigenvalue weighted by molar-refractivity contribution is 7.92. The van der Waals surface area contributed by atoms with Gasteiger partial charge in [-0.15, -0.1) is 11.3 Å². The molecule has 2 heterocycles. The molecule has 0 aliphatic carbocycles. The molecule has 8 heteroatoms. The van der Waals surface area contributed by atoms with Crippen LogP contribution in [0.25, 0.3) is 10.9 Å². The molecule has 132 valence electrons. The number of rotatable bonds is 5. The van der Waals surface area contributed by atoms with Crippen molar-refractivity contribution in [3.63, 3.8) is 0 Å². The Morgan fingerprint density at radius 3 is 2.60 bits per heavy atom. The van der Waals surface area contributed by atoms with Gasteiger partial charge in [0.25, 0.3) is 0 Å². The minimum Gasteiger partial charge on any atom is -0.480 e. The number of aliphatic carboxylic acids is 1. The molecule has 0 unspecified atom stereocenters. The van der Waals surface area contributed by atoms with E-state index in [2.05, 4.69) is 0 Å². The van der Waals surface area contributed by atoms with Gasteiger partial charge in [0.1, 0.15) is 16.6 Å². The lowest BCUT2D eigenvalue weighted by molar-refractivity contribution is -0.137. The minimum atomic E-state index is -3.27. The van der Waals surface area contributed by atoms with E-state index < -0.39 is 21.6 Å². The topological polar surface area (TPSA) is 76.4 Å². The molecule has 0 bridgehead atoms. The third-order valence-electron chi connectivity index (χ3n) is 4.06. The summed E-state index contributed by atoms with van der Waals surface area (Å²) in [5.74, 6) is -1.38. The summed E-state index contributed by atoms with van der Waals surface area (Å²) in [4.78, 5) is 12.0. The van der Waals surface area contributed by atoms with Crippen LogP contribution in [-0.4, -0.2) is 30.3 Å². The van der Waals surface area contributed by atoms with Crippen molar-refractivity contribution in [2.45, 2.75) is 24.1 Å². The average Bonchev–Trinajstić information content (AvgIpc) is 3.06. The molecule has 0 aliphatic heterocycles. The van der Waals surface area contributed by atoms with Crippen molar-refractivity contribution >= 4 is 38.0 Å². The summed E-state index contributed by atoms with van der Waals surface area (Å²) in [6.07, 6.45) is 1.57. The molecule has 0 saturated carbocycles. The number of sulfone groups is 1. The first-order valence-corrected chi connectivity index (χ1v) is 10.2. The Morgan fingerprint density at radius 2 is 2.00 bits per heavy atom. The van der Waals surface area contributed by atoms with Crippen LogP contribution >= 0.6 is 11.3 Å². The predicted octanol–water partition coefficient (Wildman–Crippen LogP) is 3.23. The Labute approximate surface area is 148 Å². The lowest BCUT2D eigenvalue weighted by Crippen LogP contribution is -2.10. The van der Waals surface area contributed by atoms with Gasteiger partial charge in [-0.2, -0.15) is 0 Å². The first-order valence-electron chi connectivity index (χ1n) is 7.44. The number of benzene rings is 1. The fourth-order valence-electron chi connectivity index (χ4n) is 2.91. The van der Waals surface area contributed by atoms with Crippen LogP contribution in [0.3, 0.4) is 0 Å². The van der Waals surface area contributed by atoms with Gasteiger partial charge in [-0.25, -0.2) is 12.8 Å². The molecular formula is C17H16FNO4S2. The number of thiophene rings is 1. The maximum atomic E-state index is 13.7. The molecular weight excluding hydrogens is 365 g/mol. The van der Waals surface area contributed by atoms with E-state index in [9.17, 15) is 17.6 Å². The van der Waals surface area contributed by atoms with E-state index in [1.807, 2.05) is 0 Å². The number of nitrogens with zero attached hydrogens (tertiary/aromatic N) is 1. The van der Waals surface area contributed by atoms with Crippen molar-refractivity contribution in [1.29, 1.82) is 0 Å². The molecule has 0 spiro atoms. The molecule has 1 N–H and O–H groups in total. The summed E-state index contributed by atoms with van der Waals surface area (Å²) in [5.41, 5.74) is 2.19. The summed E-state index contributed by atoms with van der Waals surface area (Å²) in [6.45, 7) is 1.58. The third-order valence-corrected chi connectivity index (χ3v) is 6.97. The van der Waals surface area contributed by atoms with Crippen molar-refractivity contribution in [2.24, 2.45) is 0 Å². The molecule has 25 heavy (non-hydrogen) atoms. The maximum absolute atomic E-state index is 13.7. The Hall–Kier alpha value is -2.19. The van der Waals surface area contributed by atoms with E-state index in [1.54, 1.807) is 29.7 Å². The number of aromatic nitrogens is 1. The lowest BCUT2D eigenvalue weighted by Gasteiger charge is -2.05. The molecule has 0 radical (unpaired) electrons. The number of fused-ring (bicyclic) bond motifs is 1. The second kappa shape index (κ2) is 6.27. The standard InChI is InChI=1S/C17H16FNO4S2/c1-10-13(8-12-4-6-17(24-12)25(2,22)23)14-7-11(18)3-5-15(14)19(10)9-16(20)21/h3-7H,8-9H2,1-2H3,(H,20,21). The summed E-state index contributed by atoms with van der Waals surface area (Å²) in [6, 6.07) is 7.56. The molecule has 1 aromatic carbocycles. The Kier molecular flexibility index (Phi) is 4.42. The second-order valence-corrected chi connectivity index (χ2v) is 9.29. The second-order valence-electron chi connectivity index (χ2n) is 5.88. The summed E-state index contributed by atoms with van der Waals surface area (Å²) < 4.78 is 38.9. The quantitative estimate of drug-likeness (QED) is 0.736. The van der Waals surface area contributed by atoms with Crippen LogP contribution in [0.1, 0.15) is 16.1 Å². The monoisotopic (exact) mass is 381 g/mol. The lowest BCUT2D eigenvalue weighted by atomic mass is 10.1. The van der Waals surface area contributed by atoms with Crippen molar-refractivity contribution in [2.75, 3.05) is 6.26 Å². The normalized spacial score (nSPS) is 12.0. The smallest absolute Gasteiger partial charge is 0.323 e. The van der Waals surface area contributed by atoms with Gasteiger partial charge in [0.05, 0.1) is 0 Å². The van der Waals surface area contributed by atoms with Gasteiger partial charge in [0.15, 0.2) is 9.84 Å². The Bertz CT molecular complexity index is 1080. The van der Waals surface area contributed by atoms with Crippen molar-refractivity contribution in [3.8, 4) is 0 Å². The zero-order valence-electron chi connectivity index (χ0n) is 13.6. The zero-order valence-corrected chi connectivity index (χ0v) is 15.2. The number of hydrogen-bond donors (Lipinski definition) is 1. The molecule has 2 aromatic heterocycles. The van der Waals surface area contributed by atoms with Crippen molar-refractivity contribution < 1.29 is 22.7 Å². The Balaban J connectivity index is 2.12. The summed E-state index contributed by atoms with van der Waals surface area (Å²) in [7, 11) is -3.27.